The molecule has 3 aromatic heterocycles. The first-order chi connectivity index (χ1) is 19.8. The van der Waals surface area contributed by atoms with E-state index in [9.17, 15) is 0 Å². The third kappa shape index (κ3) is 3.64. The summed E-state index contributed by atoms with van der Waals surface area (Å²) >= 11 is 0. The lowest BCUT2D eigenvalue weighted by molar-refractivity contribution is 0.799. The molecule has 2 aliphatic carbocycles. The summed E-state index contributed by atoms with van der Waals surface area (Å²) < 4.78 is 0. The van der Waals surface area contributed by atoms with E-state index in [0.717, 1.165) is 62.4 Å². The van der Waals surface area contributed by atoms with Crippen LogP contribution in [0.4, 0.5) is 0 Å². The molecule has 8 rings (SSSR count). The van der Waals surface area contributed by atoms with Crippen LogP contribution in [0.1, 0.15) is 24.1 Å². The van der Waals surface area contributed by atoms with Gasteiger partial charge in [0.1, 0.15) is 0 Å². The summed E-state index contributed by atoms with van der Waals surface area (Å²) in [7, 11) is 0. The molecule has 40 heavy (non-hydrogen) atoms. The fourth-order valence-corrected chi connectivity index (χ4v) is 6.19. The maximum Gasteiger partial charge on any atom is 0.0978 e. The monoisotopic (exact) mass is 514 g/mol. The Balaban J connectivity index is 1.44. The maximum atomic E-state index is 5.31. The number of nitrogens with one attached hydrogen (secondary N) is 1. The molecule has 5 aromatic rings. The second-order valence-electron chi connectivity index (χ2n) is 10.4. The number of hydrogen-bond donors (Lipinski definition) is 1. The molecule has 4 heterocycles. The van der Waals surface area contributed by atoms with Crippen molar-refractivity contribution in [2.75, 3.05) is 0 Å². The summed E-state index contributed by atoms with van der Waals surface area (Å²) in [6.07, 6.45) is 25.3. The molecule has 190 valence electrons. The molecule has 1 aliphatic heterocycles. The van der Waals surface area contributed by atoms with E-state index in [2.05, 4.69) is 114 Å². The van der Waals surface area contributed by atoms with Gasteiger partial charge in [-0.25, -0.2) is 4.98 Å². The Kier molecular flexibility index (Phi) is 5.30. The van der Waals surface area contributed by atoms with Crippen molar-refractivity contribution in [3.8, 4) is 11.1 Å². The number of allylic oxidation sites excluding steroid dienone is 8. The number of benzene rings is 2. The van der Waals surface area contributed by atoms with Crippen LogP contribution in [0.5, 0.6) is 0 Å². The van der Waals surface area contributed by atoms with Crippen LogP contribution in [0.25, 0.3) is 55.0 Å². The fraction of sp³-hybridized carbons (Fsp3) is 0.0833. The quantitative estimate of drug-likeness (QED) is 0.247. The van der Waals surface area contributed by atoms with Crippen molar-refractivity contribution in [3.05, 3.63) is 139 Å². The lowest BCUT2D eigenvalue weighted by atomic mass is 9.87. The van der Waals surface area contributed by atoms with Crippen LogP contribution in [0.3, 0.4) is 0 Å². The largest absolute Gasteiger partial charge is 0.381 e. The molecule has 0 amide bonds. The molecule has 0 bridgehead atoms. The first kappa shape index (κ1) is 22.9. The van der Waals surface area contributed by atoms with Crippen molar-refractivity contribution >= 4 is 43.9 Å². The third-order valence-electron chi connectivity index (χ3n) is 8.12. The van der Waals surface area contributed by atoms with E-state index >= 15 is 0 Å². The summed E-state index contributed by atoms with van der Waals surface area (Å²) in [5.74, 6) is 0. The number of fused-ring (bicyclic) bond motifs is 5. The standard InChI is InChI=1S/C36H26N4/c1-2-8-23(9-3-1)34-22-31(26-17-20-38-33-13-7-5-11-28(26)33)30-15-14-29-25(18-21-39-35(29)36(30)40-34)24-16-19-37-32-12-6-4-10-27(24)32/h1-2,4-8,10-22,33,38H,3,9H2. The van der Waals surface area contributed by atoms with E-state index in [0.29, 0.717) is 0 Å². The smallest absolute Gasteiger partial charge is 0.0978 e. The summed E-state index contributed by atoms with van der Waals surface area (Å²) in [6, 6.07) is 19.4. The minimum Gasteiger partial charge on any atom is -0.381 e. The van der Waals surface area contributed by atoms with Crippen LogP contribution in [0.2, 0.25) is 0 Å². The van der Waals surface area contributed by atoms with Crippen molar-refractivity contribution in [1.82, 2.24) is 20.3 Å². The normalized spacial score (nSPS) is 17.9. The summed E-state index contributed by atoms with van der Waals surface area (Å²) in [5, 5.41) is 6.83. The van der Waals surface area contributed by atoms with Crippen molar-refractivity contribution in [3.63, 3.8) is 0 Å². The van der Waals surface area contributed by atoms with Crippen LogP contribution >= 0.6 is 0 Å². The van der Waals surface area contributed by atoms with Crippen LogP contribution in [0, 0.1) is 0 Å². The number of rotatable bonds is 3. The van der Waals surface area contributed by atoms with Crippen molar-refractivity contribution in [2.24, 2.45) is 0 Å². The average molecular weight is 515 g/mol. The number of hydrogen-bond acceptors (Lipinski definition) is 4. The van der Waals surface area contributed by atoms with Gasteiger partial charge < -0.3 is 5.32 Å². The van der Waals surface area contributed by atoms with Gasteiger partial charge in [-0.3, -0.25) is 9.97 Å². The molecule has 3 aliphatic rings. The number of pyridine rings is 3. The molecule has 0 radical (unpaired) electrons. The van der Waals surface area contributed by atoms with E-state index in [-0.39, 0.29) is 6.04 Å². The molecule has 0 saturated carbocycles. The van der Waals surface area contributed by atoms with E-state index < -0.39 is 0 Å². The molecule has 0 spiro atoms. The van der Waals surface area contributed by atoms with E-state index in [1.165, 1.54) is 22.3 Å². The van der Waals surface area contributed by atoms with Gasteiger partial charge in [0.05, 0.1) is 28.3 Å². The Labute approximate surface area is 232 Å². The minimum absolute atomic E-state index is 0.165. The lowest BCUT2D eigenvalue weighted by Crippen LogP contribution is -2.28. The van der Waals surface area contributed by atoms with Gasteiger partial charge in [-0.2, -0.15) is 0 Å². The number of aromatic nitrogens is 3. The molecular formula is C36H26N4. The van der Waals surface area contributed by atoms with Gasteiger partial charge in [0.15, 0.2) is 0 Å². The Morgan fingerprint density at radius 3 is 2.50 bits per heavy atom. The predicted octanol–water partition coefficient (Wildman–Crippen LogP) is 8.10. The molecule has 1 N–H and O–H groups in total. The second kappa shape index (κ2) is 9.28. The molecule has 1 unspecified atom stereocenters. The molecule has 4 nitrogen and oxygen atoms in total. The lowest BCUT2D eigenvalue weighted by Gasteiger charge is -2.25. The molecule has 0 saturated heterocycles. The summed E-state index contributed by atoms with van der Waals surface area (Å²) in [6.45, 7) is 0. The first-order valence-corrected chi connectivity index (χ1v) is 13.8. The van der Waals surface area contributed by atoms with E-state index in [4.69, 9.17) is 9.97 Å². The zero-order chi connectivity index (χ0) is 26.5. The van der Waals surface area contributed by atoms with Gasteiger partial charge in [-0.05, 0) is 82.8 Å². The van der Waals surface area contributed by atoms with Gasteiger partial charge in [0, 0.05) is 28.6 Å². The Bertz CT molecular complexity index is 2030. The first-order valence-electron chi connectivity index (χ1n) is 13.8. The van der Waals surface area contributed by atoms with Gasteiger partial charge >= 0.3 is 0 Å². The molecular weight excluding hydrogens is 488 g/mol. The minimum atomic E-state index is 0.165. The zero-order valence-electron chi connectivity index (χ0n) is 21.9. The number of para-hydroxylation sites is 1. The topological polar surface area (TPSA) is 50.7 Å². The van der Waals surface area contributed by atoms with Crippen LogP contribution < -0.4 is 5.32 Å². The third-order valence-corrected chi connectivity index (χ3v) is 8.12. The van der Waals surface area contributed by atoms with Crippen LogP contribution in [-0.4, -0.2) is 21.0 Å². The zero-order valence-corrected chi connectivity index (χ0v) is 21.9. The number of nitrogens with zero attached hydrogens (tertiary/aromatic N) is 3. The molecule has 4 heteroatoms. The SMILES string of the molecule is C1=CCCC(c2cc(C3=C4C=CC=CC4NC=C3)c3ccc4c(-c5ccnc6ccccc56)ccnc4c3n2)=C1. The highest BCUT2D eigenvalue weighted by atomic mass is 14.9. The highest BCUT2D eigenvalue weighted by Gasteiger charge is 2.22. The molecule has 0 fully saturated rings. The van der Waals surface area contributed by atoms with Crippen LogP contribution in [-0.2, 0) is 0 Å². The average Bonchev–Trinajstić information content (AvgIpc) is 3.04. The van der Waals surface area contributed by atoms with Crippen molar-refractivity contribution in [2.45, 2.75) is 18.9 Å². The molecule has 1 atom stereocenters. The second-order valence-corrected chi connectivity index (χ2v) is 10.4. The van der Waals surface area contributed by atoms with E-state index in [1.807, 2.05) is 18.5 Å². The van der Waals surface area contributed by atoms with Gasteiger partial charge in [0.2, 0.25) is 0 Å². The Morgan fingerprint density at radius 2 is 1.60 bits per heavy atom. The summed E-state index contributed by atoms with van der Waals surface area (Å²) in [5.41, 5.74) is 11.1. The Morgan fingerprint density at radius 1 is 0.750 bits per heavy atom. The van der Waals surface area contributed by atoms with E-state index in [1.54, 1.807) is 0 Å². The van der Waals surface area contributed by atoms with Gasteiger partial charge in [0.25, 0.3) is 0 Å². The highest BCUT2D eigenvalue weighted by Crippen LogP contribution is 2.39. The van der Waals surface area contributed by atoms with Gasteiger partial charge in [-0.1, -0.05) is 72.9 Å². The number of dihydropyridines is 1. The van der Waals surface area contributed by atoms with Crippen molar-refractivity contribution in [1.29, 1.82) is 0 Å². The Hall–Kier alpha value is -5.09. The van der Waals surface area contributed by atoms with Crippen molar-refractivity contribution < 1.29 is 0 Å². The highest BCUT2D eigenvalue weighted by molar-refractivity contribution is 6.13. The predicted molar refractivity (Wildman–Crippen MR) is 165 cm³/mol. The summed E-state index contributed by atoms with van der Waals surface area (Å²) in [4.78, 5) is 14.8. The fourth-order valence-electron chi connectivity index (χ4n) is 6.19. The van der Waals surface area contributed by atoms with Crippen LogP contribution in [0.15, 0.2) is 127 Å². The maximum absolute atomic E-state index is 5.31. The van der Waals surface area contributed by atoms with Gasteiger partial charge in [-0.15, -0.1) is 0 Å². The molecule has 2 aromatic carbocycles.